The summed E-state index contributed by atoms with van der Waals surface area (Å²) in [6, 6.07) is 12.4. The highest BCUT2D eigenvalue weighted by atomic mass is 16.2. The average Bonchev–Trinajstić information content (AvgIpc) is 3.42. The number of aromatic nitrogens is 3. The number of rotatable bonds is 3. The molecule has 2 aromatic heterocycles. The van der Waals surface area contributed by atoms with E-state index in [1.807, 2.05) is 18.3 Å². The van der Waals surface area contributed by atoms with Gasteiger partial charge in [0.2, 0.25) is 5.91 Å². The fourth-order valence-corrected chi connectivity index (χ4v) is 4.83. The molecular weight excluding hydrogens is 336 g/mol. The molecule has 2 unspecified atom stereocenters. The molecule has 1 amide bonds. The maximum atomic E-state index is 13.5. The molecule has 1 aromatic carbocycles. The third-order valence-corrected chi connectivity index (χ3v) is 6.09. The number of para-hydroxylation sites is 2. The third-order valence-electron chi connectivity index (χ3n) is 6.09. The Morgan fingerprint density at radius 1 is 1.19 bits per heavy atom. The van der Waals surface area contributed by atoms with Crippen LogP contribution in [0.25, 0.3) is 11.0 Å². The van der Waals surface area contributed by atoms with E-state index in [1.54, 1.807) is 0 Å². The van der Waals surface area contributed by atoms with E-state index in [0.717, 1.165) is 61.3 Å². The lowest BCUT2D eigenvalue weighted by atomic mass is 10.0. The van der Waals surface area contributed by atoms with Crippen LogP contribution in [0.15, 0.2) is 42.6 Å². The Hall–Kier alpha value is -2.69. The molecule has 2 atom stereocenters. The van der Waals surface area contributed by atoms with Crippen molar-refractivity contribution in [1.29, 1.82) is 0 Å². The van der Waals surface area contributed by atoms with E-state index >= 15 is 0 Å². The molecule has 0 spiro atoms. The zero-order chi connectivity index (χ0) is 18.4. The second kappa shape index (κ2) is 6.48. The van der Waals surface area contributed by atoms with Gasteiger partial charge in [-0.25, -0.2) is 4.98 Å². The first-order valence-electron chi connectivity index (χ1n) is 9.97. The number of aryl methyl sites for hydroxylation is 2. The molecule has 0 radical (unpaired) electrons. The summed E-state index contributed by atoms with van der Waals surface area (Å²) < 4.78 is 2.27. The monoisotopic (exact) mass is 360 g/mol. The Labute approximate surface area is 159 Å². The number of imidazole rings is 1. The van der Waals surface area contributed by atoms with Crippen molar-refractivity contribution >= 4 is 16.9 Å². The van der Waals surface area contributed by atoms with Gasteiger partial charge in [-0.05, 0) is 56.4 Å². The summed E-state index contributed by atoms with van der Waals surface area (Å²) in [5, 5.41) is 0. The minimum Gasteiger partial charge on any atom is -0.332 e. The van der Waals surface area contributed by atoms with Crippen molar-refractivity contribution in [3.05, 3.63) is 59.7 Å². The molecular formula is C22H24N4O. The summed E-state index contributed by atoms with van der Waals surface area (Å²) in [5.74, 6) is 1.16. The number of amides is 1. The fraction of sp³-hybridized carbons (Fsp3) is 0.409. The van der Waals surface area contributed by atoms with Crippen molar-refractivity contribution in [1.82, 2.24) is 19.4 Å². The van der Waals surface area contributed by atoms with Crippen LogP contribution >= 0.6 is 0 Å². The molecule has 1 aliphatic carbocycles. The SMILES string of the molecule is CCn1c(C2CCCN2C(=O)C2CCc3cccnc32)nc2ccccc21. The van der Waals surface area contributed by atoms with Crippen molar-refractivity contribution in [3.63, 3.8) is 0 Å². The molecule has 0 saturated carbocycles. The number of nitrogens with zero attached hydrogens (tertiary/aromatic N) is 4. The zero-order valence-electron chi connectivity index (χ0n) is 15.6. The van der Waals surface area contributed by atoms with Gasteiger partial charge in [0, 0.05) is 19.3 Å². The van der Waals surface area contributed by atoms with Crippen LogP contribution in [0.1, 0.15) is 55.2 Å². The standard InChI is InChI=1S/C22H24N4O/c1-2-25-18-9-4-3-8-17(18)24-21(25)19-10-6-14-26(19)22(27)16-12-11-15-7-5-13-23-20(15)16/h3-5,7-9,13,16,19H,2,6,10-12,14H2,1H3. The Balaban J connectivity index is 1.51. The van der Waals surface area contributed by atoms with Gasteiger partial charge in [0.25, 0.3) is 0 Å². The minimum atomic E-state index is -0.0961. The summed E-state index contributed by atoms with van der Waals surface area (Å²) in [6.07, 6.45) is 5.65. The Morgan fingerprint density at radius 2 is 2.07 bits per heavy atom. The highest BCUT2D eigenvalue weighted by Gasteiger charge is 2.39. The molecule has 138 valence electrons. The van der Waals surface area contributed by atoms with Crippen LogP contribution in [0.5, 0.6) is 0 Å². The van der Waals surface area contributed by atoms with Crippen molar-refractivity contribution in [2.75, 3.05) is 6.54 Å². The van der Waals surface area contributed by atoms with Gasteiger partial charge in [0.05, 0.1) is 28.7 Å². The second-order valence-electron chi connectivity index (χ2n) is 7.53. The Morgan fingerprint density at radius 3 is 2.96 bits per heavy atom. The van der Waals surface area contributed by atoms with Crippen LogP contribution in [0.4, 0.5) is 0 Å². The predicted octanol–water partition coefficient (Wildman–Crippen LogP) is 3.84. The van der Waals surface area contributed by atoms with Gasteiger partial charge in [-0.3, -0.25) is 9.78 Å². The van der Waals surface area contributed by atoms with Gasteiger partial charge in [-0.15, -0.1) is 0 Å². The molecule has 0 bridgehead atoms. The third kappa shape index (κ3) is 2.56. The number of benzene rings is 1. The fourth-order valence-electron chi connectivity index (χ4n) is 4.83. The normalized spacial score (nSPS) is 21.7. The van der Waals surface area contributed by atoms with Crippen molar-refractivity contribution in [2.24, 2.45) is 0 Å². The molecule has 1 aliphatic heterocycles. The van der Waals surface area contributed by atoms with Gasteiger partial charge in [-0.2, -0.15) is 0 Å². The van der Waals surface area contributed by atoms with Crippen LogP contribution in [0, 0.1) is 0 Å². The number of carbonyl (C=O) groups excluding carboxylic acids is 1. The zero-order valence-corrected chi connectivity index (χ0v) is 15.6. The first-order chi connectivity index (χ1) is 13.3. The lowest BCUT2D eigenvalue weighted by Gasteiger charge is -2.27. The van der Waals surface area contributed by atoms with Crippen LogP contribution in [0.3, 0.4) is 0 Å². The van der Waals surface area contributed by atoms with E-state index in [4.69, 9.17) is 4.98 Å². The summed E-state index contributed by atoms with van der Waals surface area (Å²) >= 11 is 0. The molecule has 0 N–H and O–H groups in total. The molecule has 27 heavy (non-hydrogen) atoms. The maximum Gasteiger partial charge on any atom is 0.232 e. The maximum absolute atomic E-state index is 13.5. The van der Waals surface area contributed by atoms with Crippen molar-refractivity contribution < 1.29 is 4.79 Å². The molecule has 3 heterocycles. The first kappa shape index (κ1) is 16.5. The smallest absolute Gasteiger partial charge is 0.232 e. The number of hydrogen-bond acceptors (Lipinski definition) is 3. The van der Waals surface area contributed by atoms with Crippen molar-refractivity contribution in [2.45, 2.75) is 51.1 Å². The topological polar surface area (TPSA) is 51.0 Å². The number of likely N-dealkylation sites (tertiary alicyclic amines) is 1. The predicted molar refractivity (Wildman–Crippen MR) is 104 cm³/mol. The second-order valence-corrected chi connectivity index (χ2v) is 7.53. The number of hydrogen-bond donors (Lipinski definition) is 0. The molecule has 2 aliphatic rings. The summed E-state index contributed by atoms with van der Waals surface area (Å²) in [4.78, 5) is 25.0. The Kier molecular flexibility index (Phi) is 3.96. The molecule has 5 nitrogen and oxygen atoms in total. The highest BCUT2D eigenvalue weighted by molar-refractivity contribution is 5.85. The van der Waals surface area contributed by atoms with Crippen LogP contribution in [0.2, 0.25) is 0 Å². The van der Waals surface area contributed by atoms with Gasteiger partial charge in [0.15, 0.2) is 0 Å². The van der Waals surface area contributed by atoms with Gasteiger partial charge < -0.3 is 9.47 Å². The van der Waals surface area contributed by atoms with Crippen molar-refractivity contribution in [3.8, 4) is 0 Å². The lowest BCUT2D eigenvalue weighted by Crippen LogP contribution is -2.35. The van der Waals surface area contributed by atoms with Gasteiger partial charge in [0.1, 0.15) is 5.82 Å². The van der Waals surface area contributed by atoms with Crippen LogP contribution in [-0.4, -0.2) is 31.9 Å². The first-order valence-corrected chi connectivity index (χ1v) is 9.97. The summed E-state index contributed by atoms with van der Waals surface area (Å²) in [6.45, 7) is 3.83. The summed E-state index contributed by atoms with van der Waals surface area (Å²) in [7, 11) is 0. The van der Waals surface area contributed by atoms with E-state index < -0.39 is 0 Å². The van der Waals surface area contributed by atoms with E-state index in [2.05, 4.69) is 45.6 Å². The van der Waals surface area contributed by atoms with Gasteiger partial charge in [-0.1, -0.05) is 18.2 Å². The molecule has 5 rings (SSSR count). The minimum absolute atomic E-state index is 0.0672. The molecule has 1 saturated heterocycles. The largest absolute Gasteiger partial charge is 0.332 e. The van der Waals surface area contributed by atoms with Gasteiger partial charge >= 0.3 is 0 Å². The van der Waals surface area contributed by atoms with E-state index in [-0.39, 0.29) is 17.9 Å². The van der Waals surface area contributed by atoms with E-state index in [1.165, 1.54) is 5.56 Å². The molecule has 1 fully saturated rings. The molecule has 5 heteroatoms. The highest BCUT2D eigenvalue weighted by Crippen LogP contribution is 2.39. The van der Waals surface area contributed by atoms with E-state index in [9.17, 15) is 4.79 Å². The summed E-state index contributed by atoms with van der Waals surface area (Å²) in [5.41, 5.74) is 4.38. The average molecular weight is 360 g/mol. The number of fused-ring (bicyclic) bond motifs is 2. The quantitative estimate of drug-likeness (QED) is 0.713. The molecule has 3 aromatic rings. The Bertz CT molecular complexity index is 1010. The number of pyridine rings is 1. The van der Waals surface area contributed by atoms with E-state index in [0.29, 0.717) is 0 Å². The van der Waals surface area contributed by atoms with Crippen LogP contribution < -0.4 is 0 Å². The lowest BCUT2D eigenvalue weighted by molar-refractivity contribution is -0.134. The number of carbonyl (C=O) groups is 1. The van der Waals surface area contributed by atoms with Crippen LogP contribution in [-0.2, 0) is 17.8 Å².